The van der Waals surface area contributed by atoms with Crippen molar-refractivity contribution in [2.45, 2.75) is 37.3 Å². The van der Waals surface area contributed by atoms with Crippen LogP contribution in [0.4, 0.5) is 0 Å². The van der Waals surface area contributed by atoms with Crippen LogP contribution in [0.5, 0.6) is 0 Å². The lowest BCUT2D eigenvalue weighted by Gasteiger charge is -2.17. The molecule has 2 amide bonds. The molecule has 0 aliphatic rings. The zero-order chi connectivity index (χ0) is 18.0. The van der Waals surface area contributed by atoms with Gasteiger partial charge in [0.1, 0.15) is 12.6 Å². The number of ether oxygens (including phenoxy) is 2. The van der Waals surface area contributed by atoms with Gasteiger partial charge in [0.2, 0.25) is 11.8 Å². The highest BCUT2D eigenvalue weighted by Gasteiger charge is 2.23. The van der Waals surface area contributed by atoms with Gasteiger partial charge in [-0.05, 0) is 20.8 Å². The molecule has 3 unspecified atom stereocenters. The second-order valence-corrected chi connectivity index (χ2v) is 7.48. The van der Waals surface area contributed by atoms with Crippen molar-refractivity contribution >= 4 is 45.3 Å². The highest BCUT2D eigenvalue weighted by Crippen LogP contribution is 2.31. The highest BCUT2D eigenvalue weighted by molar-refractivity contribution is 8.77. The number of hydrogen-bond donors (Lipinski definition) is 2. The lowest BCUT2D eigenvalue weighted by Crippen LogP contribution is -2.42. The van der Waals surface area contributed by atoms with E-state index in [-0.39, 0.29) is 18.4 Å². The van der Waals surface area contributed by atoms with Crippen LogP contribution >= 0.6 is 21.6 Å². The van der Waals surface area contributed by atoms with Crippen molar-refractivity contribution in [2.24, 2.45) is 0 Å². The van der Waals surface area contributed by atoms with Crippen LogP contribution in [-0.4, -0.2) is 61.1 Å². The molecule has 0 saturated heterocycles. The predicted octanol–water partition coefficient (Wildman–Crippen LogP) is 0.112. The molecular formula is C13H22N2O6S2. The van der Waals surface area contributed by atoms with Crippen molar-refractivity contribution < 1.29 is 28.7 Å². The molecule has 0 bridgehead atoms. The number of methoxy groups -OCH3 is 2. The topological polar surface area (TPSA) is 111 Å². The first-order chi connectivity index (χ1) is 10.7. The van der Waals surface area contributed by atoms with Gasteiger partial charge in [0, 0.05) is 0 Å². The third-order valence-corrected chi connectivity index (χ3v) is 5.81. The van der Waals surface area contributed by atoms with Crippen molar-refractivity contribution in [3.8, 4) is 0 Å². The third-order valence-electron chi connectivity index (χ3n) is 2.63. The van der Waals surface area contributed by atoms with Crippen LogP contribution in [0.25, 0.3) is 0 Å². The maximum absolute atomic E-state index is 11.9. The second-order valence-electron chi connectivity index (χ2n) is 4.52. The Labute approximate surface area is 143 Å². The molecule has 0 aromatic carbocycles. The first-order valence-electron chi connectivity index (χ1n) is 6.77. The van der Waals surface area contributed by atoms with Gasteiger partial charge < -0.3 is 20.1 Å². The zero-order valence-corrected chi connectivity index (χ0v) is 15.3. The number of hydrogen-bond acceptors (Lipinski definition) is 8. The monoisotopic (exact) mass is 366 g/mol. The minimum absolute atomic E-state index is 0.197. The summed E-state index contributed by atoms with van der Waals surface area (Å²) in [6.45, 7) is 4.65. The van der Waals surface area contributed by atoms with Gasteiger partial charge in [-0.3, -0.25) is 14.4 Å². The lowest BCUT2D eigenvalue weighted by atomic mass is 10.3. The van der Waals surface area contributed by atoms with Gasteiger partial charge in [-0.2, -0.15) is 0 Å². The average molecular weight is 366 g/mol. The summed E-state index contributed by atoms with van der Waals surface area (Å²) < 4.78 is 8.94. The van der Waals surface area contributed by atoms with Gasteiger partial charge in [0.05, 0.1) is 24.7 Å². The standard InChI is InChI=1S/C13H22N2O6S2/c1-7(13(19)21-5)15-12(18)9(3)23-22-8(2)11(17)14-6-10(16)20-4/h7-9H,6H2,1-5H3,(H,14,17)(H,15,18). The van der Waals surface area contributed by atoms with Crippen LogP contribution < -0.4 is 10.6 Å². The molecule has 0 fully saturated rings. The second kappa shape index (κ2) is 11.2. The van der Waals surface area contributed by atoms with Gasteiger partial charge >= 0.3 is 11.9 Å². The Morgan fingerprint density at radius 3 is 1.91 bits per heavy atom. The molecule has 0 radical (unpaired) electrons. The van der Waals surface area contributed by atoms with Gasteiger partial charge in [-0.25, -0.2) is 4.79 Å². The average Bonchev–Trinajstić information content (AvgIpc) is 2.55. The van der Waals surface area contributed by atoms with Crippen LogP contribution in [0.3, 0.4) is 0 Å². The Balaban J connectivity index is 4.18. The van der Waals surface area contributed by atoms with Crippen LogP contribution in [0, 0.1) is 0 Å². The van der Waals surface area contributed by atoms with E-state index in [0.29, 0.717) is 0 Å². The third kappa shape index (κ3) is 8.70. The van der Waals surface area contributed by atoms with Crippen LogP contribution in [-0.2, 0) is 28.7 Å². The van der Waals surface area contributed by atoms with Crippen molar-refractivity contribution in [3.63, 3.8) is 0 Å². The van der Waals surface area contributed by atoms with E-state index in [1.807, 2.05) is 0 Å². The predicted molar refractivity (Wildman–Crippen MR) is 88.8 cm³/mol. The van der Waals surface area contributed by atoms with E-state index in [1.54, 1.807) is 13.8 Å². The Kier molecular flexibility index (Phi) is 10.5. The molecule has 0 rings (SSSR count). The molecule has 0 saturated carbocycles. The Morgan fingerprint density at radius 2 is 1.43 bits per heavy atom. The Hall–Kier alpha value is -1.42. The van der Waals surface area contributed by atoms with Crippen LogP contribution in [0.15, 0.2) is 0 Å². The minimum atomic E-state index is -0.735. The summed E-state index contributed by atoms with van der Waals surface area (Å²) in [6.07, 6.45) is 0. The van der Waals surface area contributed by atoms with Crippen molar-refractivity contribution in [3.05, 3.63) is 0 Å². The number of rotatable bonds is 9. The van der Waals surface area contributed by atoms with Gasteiger partial charge in [-0.1, -0.05) is 21.6 Å². The molecule has 0 heterocycles. The summed E-state index contributed by atoms with van der Waals surface area (Å²) in [5, 5.41) is 4.02. The summed E-state index contributed by atoms with van der Waals surface area (Å²) in [4.78, 5) is 45.8. The summed E-state index contributed by atoms with van der Waals surface area (Å²) in [7, 11) is 4.87. The molecule has 0 aromatic rings. The van der Waals surface area contributed by atoms with E-state index in [2.05, 4.69) is 20.1 Å². The Bertz CT molecular complexity index is 446. The largest absolute Gasteiger partial charge is 0.468 e. The summed E-state index contributed by atoms with van der Waals surface area (Å²) in [5.41, 5.74) is 0. The van der Waals surface area contributed by atoms with Gasteiger partial charge in [-0.15, -0.1) is 0 Å². The van der Waals surface area contributed by atoms with Crippen molar-refractivity contribution in [1.82, 2.24) is 10.6 Å². The summed E-state index contributed by atoms with van der Waals surface area (Å²) in [6, 6.07) is -0.735. The minimum Gasteiger partial charge on any atom is -0.468 e. The first-order valence-corrected chi connectivity index (χ1v) is 9.05. The maximum Gasteiger partial charge on any atom is 0.328 e. The smallest absolute Gasteiger partial charge is 0.328 e. The van der Waals surface area contributed by atoms with Crippen molar-refractivity contribution in [1.29, 1.82) is 0 Å². The molecular weight excluding hydrogens is 344 g/mol. The van der Waals surface area contributed by atoms with E-state index in [0.717, 1.165) is 0 Å². The first kappa shape index (κ1) is 21.6. The fraction of sp³-hybridized carbons (Fsp3) is 0.692. The quantitative estimate of drug-likeness (QED) is 0.437. The van der Waals surface area contributed by atoms with Gasteiger partial charge in [0.15, 0.2) is 0 Å². The van der Waals surface area contributed by atoms with Crippen molar-refractivity contribution in [2.75, 3.05) is 20.8 Å². The number of carbonyl (C=O) groups excluding carboxylic acids is 4. The molecule has 23 heavy (non-hydrogen) atoms. The van der Waals surface area contributed by atoms with E-state index >= 15 is 0 Å². The van der Waals surface area contributed by atoms with E-state index < -0.39 is 28.5 Å². The normalized spacial score (nSPS) is 14.1. The van der Waals surface area contributed by atoms with E-state index in [1.165, 1.54) is 42.7 Å². The molecule has 0 aliphatic carbocycles. The number of amides is 2. The number of esters is 2. The fourth-order valence-corrected chi connectivity index (χ4v) is 3.38. The molecule has 2 N–H and O–H groups in total. The summed E-state index contributed by atoms with van der Waals surface area (Å²) >= 11 is 0. The maximum atomic E-state index is 11.9. The number of nitrogens with one attached hydrogen (secondary N) is 2. The van der Waals surface area contributed by atoms with Crippen LogP contribution in [0.2, 0.25) is 0 Å². The SMILES string of the molecule is COC(=O)CNC(=O)C(C)SSC(C)C(=O)NC(C)C(=O)OC. The van der Waals surface area contributed by atoms with Gasteiger partial charge in [0.25, 0.3) is 0 Å². The fourth-order valence-electron chi connectivity index (χ4n) is 1.20. The molecule has 0 aromatic heterocycles. The Morgan fingerprint density at radius 1 is 0.913 bits per heavy atom. The molecule has 0 spiro atoms. The lowest BCUT2D eigenvalue weighted by molar-refractivity contribution is -0.144. The van der Waals surface area contributed by atoms with E-state index in [9.17, 15) is 19.2 Å². The van der Waals surface area contributed by atoms with E-state index in [4.69, 9.17) is 0 Å². The zero-order valence-electron chi connectivity index (χ0n) is 13.7. The molecule has 0 aliphatic heterocycles. The molecule has 3 atom stereocenters. The summed E-state index contributed by atoms with van der Waals surface area (Å²) in [5.74, 6) is -1.72. The molecule has 132 valence electrons. The molecule has 8 nitrogen and oxygen atoms in total. The number of carbonyl (C=O) groups is 4. The molecule has 10 heteroatoms. The van der Waals surface area contributed by atoms with Crippen LogP contribution in [0.1, 0.15) is 20.8 Å². The highest BCUT2D eigenvalue weighted by atomic mass is 33.1.